The molecule has 1 aromatic heterocycles. The summed E-state index contributed by atoms with van der Waals surface area (Å²) in [6.07, 6.45) is 7.80. The lowest BCUT2D eigenvalue weighted by Crippen LogP contribution is -1.97. The van der Waals surface area contributed by atoms with Crippen LogP contribution in [-0.4, -0.2) is 18.3 Å². The normalized spacial score (nSPS) is 11.8. The zero-order valence-electron chi connectivity index (χ0n) is 17.7. The van der Waals surface area contributed by atoms with Crippen LogP contribution in [0.15, 0.2) is 79.5 Å². The number of halogens is 1. The summed E-state index contributed by atoms with van der Waals surface area (Å²) in [5.41, 5.74) is 5.63. The van der Waals surface area contributed by atoms with Gasteiger partial charge in [0.25, 0.3) is 0 Å². The van der Waals surface area contributed by atoms with E-state index in [1.54, 1.807) is 6.08 Å². The fourth-order valence-electron chi connectivity index (χ4n) is 3.37. The molecule has 2 aromatic carbocycles. The van der Waals surface area contributed by atoms with Crippen LogP contribution in [0.3, 0.4) is 0 Å². The number of rotatable bonds is 11. The maximum atomic E-state index is 12.5. The number of aromatic nitrogens is 1. The highest BCUT2D eigenvalue weighted by Gasteiger charge is 2.04. The van der Waals surface area contributed by atoms with E-state index in [4.69, 9.17) is 4.74 Å². The SMILES string of the molecule is C=CCOc1ccc(-c2ccc(-c3ccc(CCCCC(C)CF)cn3)cc2)cc1. The molecule has 3 aromatic rings. The molecular weight excluding hydrogens is 373 g/mol. The largest absolute Gasteiger partial charge is 0.490 e. The van der Waals surface area contributed by atoms with Crippen molar-refractivity contribution in [3.8, 4) is 28.1 Å². The molecular formula is C27H30FNO. The van der Waals surface area contributed by atoms with Crippen molar-refractivity contribution in [2.75, 3.05) is 13.3 Å². The summed E-state index contributed by atoms with van der Waals surface area (Å²) in [5, 5.41) is 0. The highest BCUT2D eigenvalue weighted by atomic mass is 19.1. The molecule has 0 amide bonds. The Balaban J connectivity index is 1.57. The van der Waals surface area contributed by atoms with Gasteiger partial charge in [0.2, 0.25) is 0 Å². The first-order chi connectivity index (χ1) is 14.7. The molecule has 3 rings (SSSR count). The molecule has 30 heavy (non-hydrogen) atoms. The summed E-state index contributed by atoms with van der Waals surface area (Å²) < 4.78 is 18.0. The number of ether oxygens (including phenoxy) is 1. The fourth-order valence-corrected chi connectivity index (χ4v) is 3.37. The van der Waals surface area contributed by atoms with Gasteiger partial charge in [-0.1, -0.05) is 68.5 Å². The molecule has 0 aliphatic heterocycles. The van der Waals surface area contributed by atoms with Gasteiger partial charge in [-0.05, 0) is 60.1 Å². The van der Waals surface area contributed by atoms with Crippen LogP contribution in [-0.2, 0) is 6.42 Å². The van der Waals surface area contributed by atoms with E-state index in [1.165, 1.54) is 5.56 Å². The van der Waals surface area contributed by atoms with E-state index < -0.39 is 0 Å². The molecule has 1 atom stereocenters. The Morgan fingerprint density at radius 3 is 2.20 bits per heavy atom. The highest BCUT2D eigenvalue weighted by Crippen LogP contribution is 2.26. The van der Waals surface area contributed by atoms with Gasteiger partial charge >= 0.3 is 0 Å². The van der Waals surface area contributed by atoms with Crippen LogP contribution in [0.2, 0.25) is 0 Å². The molecule has 0 fully saturated rings. The van der Waals surface area contributed by atoms with E-state index in [0.29, 0.717) is 6.61 Å². The smallest absolute Gasteiger partial charge is 0.119 e. The maximum Gasteiger partial charge on any atom is 0.119 e. The zero-order valence-corrected chi connectivity index (χ0v) is 17.7. The first-order valence-electron chi connectivity index (χ1n) is 10.6. The monoisotopic (exact) mass is 403 g/mol. The van der Waals surface area contributed by atoms with Crippen LogP contribution < -0.4 is 4.74 Å². The molecule has 0 saturated carbocycles. The average Bonchev–Trinajstić information content (AvgIpc) is 2.81. The molecule has 0 radical (unpaired) electrons. The van der Waals surface area contributed by atoms with Gasteiger partial charge in [0.05, 0.1) is 12.4 Å². The zero-order chi connectivity index (χ0) is 21.2. The second-order valence-electron chi connectivity index (χ2n) is 7.76. The number of aryl methyl sites for hydroxylation is 1. The third-order valence-corrected chi connectivity index (χ3v) is 5.24. The van der Waals surface area contributed by atoms with Crippen LogP contribution in [0.5, 0.6) is 5.75 Å². The van der Waals surface area contributed by atoms with Gasteiger partial charge in [0, 0.05) is 11.8 Å². The predicted molar refractivity (Wildman–Crippen MR) is 123 cm³/mol. The van der Waals surface area contributed by atoms with E-state index in [1.807, 2.05) is 25.3 Å². The Labute approximate surface area is 179 Å². The van der Waals surface area contributed by atoms with E-state index in [9.17, 15) is 4.39 Å². The lowest BCUT2D eigenvalue weighted by Gasteiger charge is -2.08. The lowest BCUT2D eigenvalue weighted by molar-refractivity contribution is 0.357. The van der Waals surface area contributed by atoms with Crippen molar-refractivity contribution in [3.05, 3.63) is 85.1 Å². The van der Waals surface area contributed by atoms with Crippen molar-refractivity contribution < 1.29 is 9.13 Å². The Kier molecular flexibility index (Phi) is 8.20. The molecule has 0 spiro atoms. The van der Waals surface area contributed by atoms with Crippen LogP contribution >= 0.6 is 0 Å². The van der Waals surface area contributed by atoms with E-state index in [2.05, 4.69) is 60.1 Å². The first kappa shape index (κ1) is 21.8. The Hall–Kier alpha value is -2.94. The van der Waals surface area contributed by atoms with Crippen molar-refractivity contribution in [2.45, 2.75) is 32.6 Å². The molecule has 0 aliphatic rings. The minimum absolute atomic E-state index is 0.178. The molecule has 2 nitrogen and oxygen atoms in total. The molecule has 1 heterocycles. The third-order valence-electron chi connectivity index (χ3n) is 5.24. The summed E-state index contributed by atoms with van der Waals surface area (Å²) in [7, 11) is 0. The molecule has 1 unspecified atom stereocenters. The number of hydrogen-bond acceptors (Lipinski definition) is 2. The van der Waals surface area contributed by atoms with Gasteiger partial charge in [-0.15, -0.1) is 0 Å². The minimum Gasteiger partial charge on any atom is -0.490 e. The highest BCUT2D eigenvalue weighted by molar-refractivity contribution is 5.69. The Morgan fingerprint density at radius 2 is 1.60 bits per heavy atom. The number of pyridine rings is 1. The summed E-state index contributed by atoms with van der Waals surface area (Å²) in [5.74, 6) is 1.02. The van der Waals surface area contributed by atoms with Crippen LogP contribution in [0, 0.1) is 5.92 Å². The second-order valence-corrected chi connectivity index (χ2v) is 7.76. The van der Waals surface area contributed by atoms with Gasteiger partial charge in [0.15, 0.2) is 0 Å². The van der Waals surface area contributed by atoms with Crippen LogP contribution in [0.25, 0.3) is 22.4 Å². The topological polar surface area (TPSA) is 22.1 Å². The van der Waals surface area contributed by atoms with Crippen LogP contribution in [0.4, 0.5) is 4.39 Å². The molecule has 0 aliphatic carbocycles. The van der Waals surface area contributed by atoms with Gasteiger partial charge in [0.1, 0.15) is 12.4 Å². The molecule has 0 saturated heterocycles. The fraction of sp³-hybridized carbons (Fsp3) is 0.296. The van der Waals surface area contributed by atoms with Gasteiger partial charge in [-0.2, -0.15) is 0 Å². The second kappa shape index (κ2) is 11.3. The first-order valence-corrected chi connectivity index (χ1v) is 10.6. The van der Waals surface area contributed by atoms with Crippen LogP contribution in [0.1, 0.15) is 31.7 Å². The lowest BCUT2D eigenvalue weighted by atomic mass is 10.0. The molecule has 0 N–H and O–H groups in total. The Morgan fingerprint density at radius 1 is 0.933 bits per heavy atom. The molecule has 156 valence electrons. The Bertz CT molecular complexity index is 901. The van der Waals surface area contributed by atoms with Gasteiger partial charge in [-0.25, -0.2) is 0 Å². The number of benzene rings is 2. The average molecular weight is 404 g/mol. The number of hydrogen-bond donors (Lipinski definition) is 0. The van der Waals surface area contributed by atoms with Crippen molar-refractivity contribution in [2.24, 2.45) is 5.92 Å². The van der Waals surface area contributed by atoms with Crippen molar-refractivity contribution in [1.82, 2.24) is 4.98 Å². The number of alkyl halides is 1. The summed E-state index contributed by atoms with van der Waals surface area (Å²) >= 11 is 0. The number of unbranched alkanes of at least 4 members (excludes halogenated alkanes) is 1. The summed E-state index contributed by atoms with van der Waals surface area (Å²) in [4.78, 5) is 4.64. The quantitative estimate of drug-likeness (QED) is 0.247. The number of nitrogens with zero attached hydrogens (tertiary/aromatic N) is 1. The van der Waals surface area contributed by atoms with Crippen molar-refractivity contribution in [3.63, 3.8) is 0 Å². The minimum atomic E-state index is -0.218. The van der Waals surface area contributed by atoms with Crippen molar-refractivity contribution in [1.29, 1.82) is 0 Å². The van der Waals surface area contributed by atoms with E-state index in [-0.39, 0.29) is 12.6 Å². The van der Waals surface area contributed by atoms with Crippen molar-refractivity contribution >= 4 is 0 Å². The molecule has 3 heteroatoms. The summed E-state index contributed by atoms with van der Waals surface area (Å²) in [6.45, 7) is 5.92. The van der Waals surface area contributed by atoms with Gasteiger partial charge < -0.3 is 4.74 Å². The van der Waals surface area contributed by atoms with E-state index >= 15 is 0 Å². The summed E-state index contributed by atoms with van der Waals surface area (Å²) in [6, 6.07) is 20.8. The predicted octanol–water partition coefficient (Wildman–Crippen LogP) is 7.30. The third kappa shape index (κ3) is 6.28. The van der Waals surface area contributed by atoms with Gasteiger partial charge in [-0.3, -0.25) is 9.37 Å². The standard InChI is InChI=1S/C27H30FNO/c1-3-18-30-26-15-13-24(14-16-26)23-9-11-25(12-10-23)27-17-8-22(20-29-27)7-5-4-6-21(2)19-28/h3,8-17,20-21H,1,4-7,18-19H2,2H3. The maximum absolute atomic E-state index is 12.5. The van der Waals surface area contributed by atoms with E-state index in [0.717, 1.165) is 53.8 Å². The molecule has 0 bridgehead atoms.